The number of primary amides is 4. The molecular formula is C31H52N14O13. The maximum absolute atomic E-state index is 13.9. The molecule has 10 amide bonds. The number of nitrogens with zero attached hydrogens (tertiary/aromatic N) is 2. The second kappa shape index (κ2) is 24.1. The number of guanidine groups is 1. The molecule has 1 heterocycles. The molecule has 0 saturated carbocycles. The van der Waals surface area contributed by atoms with Gasteiger partial charge in [-0.3, -0.25) is 52.9 Å². The average Bonchev–Trinajstić information content (AvgIpc) is 3.61. The van der Waals surface area contributed by atoms with E-state index in [0.29, 0.717) is 0 Å². The monoisotopic (exact) mass is 828 g/mol. The Labute approximate surface area is 330 Å². The molecule has 1 rings (SSSR count). The summed E-state index contributed by atoms with van der Waals surface area (Å²) in [4.78, 5) is 143. The van der Waals surface area contributed by atoms with Crippen LogP contribution in [0.1, 0.15) is 57.8 Å². The average molecular weight is 829 g/mol. The zero-order valence-electron chi connectivity index (χ0n) is 31.3. The van der Waals surface area contributed by atoms with E-state index in [1.54, 1.807) is 0 Å². The van der Waals surface area contributed by atoms with Crippen molar-refractivity contribution < 1.29 is 63.0 Å². The van der Waals surface area contributed by atoms with E-state index in [2.05, 4.69) is 26.3 Å². The van der Waals surface area contributed by atoms with Gasteiger partial charge in [-0.25, -0.2) is 4.79 Å². The Morgan fingerprint density at radius 2 is 1.14 bits per heavy atom. The van der Waals surface area contributed by atoms with E-state index in [1.807, 2.05) is 5.32 Å². The molecule has 1 aliphatic heterocycles. The topological polar surface area (TPSA) is 486 Å². The van der Waals surface area contributed by atoms with Crippen LogP contribution in [-0.4, -0.2) is 148 Å². The molecule has 324 valence electrons. The highest BCUT2D eigenvalue weighted by atomic mass is 16.4. The van der Waals surface area contributed by atoms with Gasteiger partial charge in [0.05, 0.1) is 31.9 Å². The molecule has 0 spiro atoms. The lowest BCUT2D eigenvalue weighted by Gasteiger charge is -2.30. The number of aliphatic imine (C=N–C) groups is 1. The van der Waals surface area contributed by atoms with E-state index in [9.17, 15) is 57.8 Å². The fourth-order valence-corrected chi connectivity index (χ4v) is 5.50. The first kappa shape index (κ1) is 49.4. The number of carbonyl (C=O) groups is 11. The third-order valence-corrected chi connectivity index (χ3v) is 8.34. The van der Waals surface area contributed by atoms with Crippen LogP contribution in [0.5, 0.6) is 0 Å². The number of rotatable bonds is 26. The number of likely N-dealkylation sites (tertiary alicyclic amines) is 1. The van der Waals surface area contributed by atoms with Crippen LogP contribution in [0, 0.1) is 0 Å². The quantitative estimate of drug-likeness (QED) is 0.0219. The van der Waals surface area contributed by atoms with Crippen molar-refractivity contribution in [2.45, 2.75) is 100 Å². The molecule has 27 heteroatoms. The van der Waals surface area contributed by atoms with E-state index in [4.69, 9.17) is 45.2 Å². The van der Waals surface area contributed by atoms with Gasteiger partial charge in [0.2, 0.25) is 59.1 Å². The summed E-state index contributed by atoms with van der Waals surface area (Å²) in [6.07, 6.45) is -3.05. The molecule has 58 heavy (non-hydrogen) atoms. The maximum atomic E-state index is 13.9. The lowest BCUT2D eigenvalue weighted by Crippen LogP contribution is -2.60. The molecule has 0 unspecified atom stereocenters. The van der Waals surface area contributed by atoms with Crippen LogP contribution < -0.4 is 66.7 Å². The fourth-order valence-electron chi connectivity index (χ4n) is 5.50. The molecule has 1 saturated heterocycles. The van der Waals surface area contributed by atoms with E-state index < -0.39 is 146 Å². The molecular weight excluding hydrogens is 776 g/mol. The molecule has 0 aliphatic carbocycles. The van der Waals surface area contributed by atoms with Gasteiger partial charge in [0.1, 0.15) is 36.3 Å². The lowest BCUT2D eigenvalue weighted by molar-refractivity contribution is -0.144. The predicted molar refractivity (Wildman–Crippen MR) is 197 cm³/mol. The van der Waals surface area contributed by atoms with Gasteiger partial charge >= 0.3 is 5.97 Å². The van der Waals surface area contributed by atoms with Gasteiger partial charge in [-0.1, -0.05) is 0 Å². The Bertz CT molecular complexity index is 1610. The fraction of sp³-hybridized carbons (Fsp3) is 0.613. The van der Waals surface area contributed by atoms with Crippen LogP contribution in [0.2, 0.25) is 0 Å². The molecule has 0 bridgehead atoms. The van der Waals surface area contributed by atoms with Crippen molar-refractivity contribution in [3.05, 3.63) is 0 Å². The van der Waals surface area contributed by atoms with Crippen molar-refractivity contribution in [3.63, 3.8) is 0 Å². The SMILES string of the molecule is NC(=O)CC[C@H](NC(=O)[C@H](CC(N)=O)NC(=O)[C@H](CCCN=C(N)N)NC(=O)[C@@H](N)CC(N)=O)C(=O)N1CCC[C@H]1C(=O)N[C@@H](CC(N)=O)C(=O)N[C@@H](CO)C(=O)O. The third-order valence-electron chi connectivity index (χ3n) is 8.34. The van der Waals surface area contributed by atoms with Crippen molar-refractivity contribution in [3.8, 4) is 0 Å². The number of amides is 10. The number of aliphatic hydroxyl groups is 1. The molecule has 0 aromatic rings. The molecule has 0 aromatic carbocycles. The van der Waals surface area contributed by atoms with Gasteiger partial charge in [-0.05, 0) is 32.1 Å². The number of nitrogens with one attached hydrogen (secondary N) is 5. The summed E-state index contributed by atoms with van der Waals surface area (Å²) in [7, 11) is 0. The zero-order valence-corrected chi connectivity index (χ0v) is 31.3. The molecule has 0 aromatic heterocycles. The van der Waals surface area contributed by atoms with Crippen LogP contribution in [0.3, 0.4) is 0 Å². The van der Waals surface area contributed by atoms with Crippen LogP contribution in [0.15, 0.2) is 4.99 Å². The van der Waals surface area contributed by atoms with Gasteiger partial charge in [0.15, 0.2) is 5.96 Å². The Hall–Kier alpha value is -6.64. The first-order chi connectivity index (χ1) is 27.1. The van der Waals surface area contributed by atoms with Crippen molar-refractivity contribution in [1.29, 1.82) is 0 Å². The smallest absolute Gasteiger partial charge is 0.328 e. The second-order valence-corrected chi connectivity index (χ2v) is 13.1. The summed E-state index contributed by atoms with van der Waals surface area (Å²) in [5.41, 5.74) is 37.3. The number of nitrogens with two attached hydrogens (primary N) is 7. The summed E-state index contributed by atoms with van der Waals surface area (Å²) in [6.45, 7) is -1.14. The molecule has 27 nitrogen and oxygen atoms in total. The number of hydrogen-bond acceptors (Lipinski definition) is 14. The predicted octanol–water partition coefficient (Wildman–Crippen LogP) is -9.25. The summed E-state index contributed by atoms with van der Waals surface area (Å²) >= 11 is 0. The minimum Gasteiger partial charge on any atom is -0.480 e. The number of aliphatic carboxylic acids is 1. The Morgan fingerprint density at radius 3 is 1.64 bits per heavy atom. The van der Waals surface area contributed by atoms with Crippen molar-refractivity contribution in [2.75, 3.05) is 19.7 Å². The minimum atomic E-state index is -1.80. The number of hydrogen-bond donors (Lipinski definition) is 14. The molecule has 0 radical (unpaired) electrons. The highest BCUT2D eigenvalue weighted by molar-refractivity contribution is 5.99. The van der Waals surface area contributed by atoms with E-state index >= 15 is 0 Å². The van der Waals surface area contributed by atoms with Crippen LogP contribution >= 0.6 is 0 Å². The maximum Gasteiger partial charge on any atom is 0.328 e. The van der Waals surface area contributed by atoms with Gasteiger partial charge in [-0.2, -0.15) is 0 Å². The van der Waals surface area contributed by atoms with Crippen LogP contribution in [0.4, 0.5) is 0 Å². The van der Waals surface area contributed by atoms with Crippen molar-refractivity contribution in [1.82, 2.24) is 31.5 Å². The summed E-state index contributed by atoms with van der Waals surface area (Å²) < 4.78 is 0. The van der Waals surface area contributed by atoms with E-state index in [-0.39, 0.29) is 44.7 Å². The largest absolute Gasteiger partial charge is 0.480 e. The van der Waals surface area contributed by atoms with Gasteiger partial charge in [-0.15, -0.1) is 0 Å². The normalized spacial score (nSPS) is 16.4. The molecule has 21 N–H and O–H groups in total. The van der Waals surface area contributed by atoms with E-state index in [1.165, 1.54) is 0 Å². The first-order valence-electron chi connectivity index (χ1n) is 17.7. The Balaban J connectivity index is 3.36. The van der Waals surface area contributed by atoms with Gasteiger partial charge in [0.25, 0.3) is 0 Å². The zero-order chi connectivity index (χ0) is 44.3. The van der Waals surface area contributed by atoms with Crippen LogP contribution in [0.25, 0.3) is 0 Å². The second-order valence-electron chi connectivity index (χ2n) is 13.1. The van der Waals surface area contributed by atoms with Gasteiger partial charge < -0.3 is 81.8 Å². The summed E-state index contributed by atoms with van der Waals surface area (Å²) in [6, 6.07) is -11.2. The number of carbonyl (C=O) groups excluding carboxylic acids is 10. The minimum absolute atomic E-state index is 0.00635. The van der Waals surface area contributed by atoms with Crippen molar-refractivity contribution >= 4 is 71.0 Å². The van der Waals surface area contributed by atoms with Gasteiger partial charge in [0, 0.05) is 19.5 Å². The van der Waals surface area contributed by atoms with E-state index in [0.717, 1.165) is 4.90 Å². The highest BCUT2D eigenvalue weighted by Crippen LogP contribution is 2.20. The molecule has 7 atom stereocenters. The Kier molecular flexibility index (Phi) is 20.5. The molecule has 1 aliphatic rings. The van der Waals surface area contributed by atoms with Crippen molar-refractivity contribution in [2.24, 2.45) is 45.1 Å². The molecule has 1 fully saturated rings. The highest BCUT2D eigenvalue weighted by Gasteiger charge is 2.40. The standard InChI is InChI=1S/C31H52N14O13/c32-13(9-21(34)48)24(51)40-14(3-1-7-39-31(37)38)25(52)42-16(10-22(35)49)26(53)41-15(5-6-20(33)47)29(56)45-8-2-4-19(45)28(55)43-17(11-23(36)50)27(54)44-18(12-46)30(57)58/h13-19,46H,1-12,32H2,(H2,33,47)(H2,34,48)(H2,35,49)(H2,36,50)(H,40,51)(H,41,53)(H,42,52)(H,43,55)(H,44,54)(H,57,58)(H4,37,38,39)/t13-,14-,15-,16-,17-,18-,19-/m0/s1. The number of aliphatic hydroxyl groups excluding tert-OH is 1. The Morgan fingerprint density at radius 1 is 0.638 bits per heavy atom. The third kappa shape index (κ3) is 17.4. The number of carboxylic acids is 1. The first-order valence-corrected chi connectivity index (χ1v) is 17.7. The summed E-state index contributed by atoms with van der Waals surface area (Å²) in [5.74, 6) is -12.2. The lowest BCUT2D eigenvalue weighted by atomic mass is 10.0. The number of carboxylic acid groups (broad SMARTS) is 1. The van der Waals surface area contributed by atoms with Crippen LogP contribution in [-0.2, 0) is 52.7 Å². The summed E-state index contributed by atoms with van der Waals surface area (Å²) in [5, 5.41) is 29.5.